The highest BCUT2D eigenvalue weighted by molar-refractivity contribution is 7.21. The molecule has 0 aliphatic rings. The summed E-state index contributed by atoms with van der Waals surface area (Å²) in [4.78, 5) is 29.3. The lowest BCUT2D eigenvalue weighted by Gasteiger charge is -2.12. The fourth-order valence-electron chi connectivity index (χ4n) is 4.29. The summed E-state index contributed by atoms with van der Waals surface area (Å²) >= 11 is 0.696. The van der Waals surface area contributed by atoms with Crippen molar-refractivity contribution in [3.8, 4) is 11.1 Å². The highest BCUT2D eigenvalue weighted by Crippen LogP contribution is 2.44. The second kappa shape index (κ2) is 9.04. The van der Waals surface area contributed by atoms with E-state index in [9.17, 15) is 22.8 Å². The fraction of sp³-hybridized carbons (Fsp3) is 0.348. The van der Waals surface area contributed by atoms with Crippen molar-refractivity contribution in [3.05, 3.63) is 45.5 Å². The molecule has 3 N–H and O–H groups in total. The van der Waals surface area contributed by atoms with E-state index >= 15 is 0 Å². The number of alkyl halides is 3. The van der Waals surface area contributed by atoms with Gasteiger partial charge in [-0.1, -0.05) is 0 Å². The number of carbonyl (C=O) groups excluding carboxylic acids is 2. The number of primary amides is 1. The van der Waals surface area contributed by atoms with Gasteiger partial charge in [-0.3, -0.25) is 19.0 Å². The van der Waals surface area contributed by atoms with Crippen molar-refractivity contribution < 1.29 is 22.8 Å². The number of anilines is 1. The van der Waals surface area contributed by atoms with Gasteiger partial charge in [0.25, 0.3) is 11.8 Å². The zero-order valence-electron chi connectivity index (χ0n) is 20.2. The van der Waals surface area contributed by atoms with Crippen molar-refractivity contribution in [1.82, 2.24) is 24.5 Å². The standard InChI is InChI=1S/C23H24F3N7O2S/c1-6-32-11(4)14(9-28-32)13-8-15(23(24,25)26)29-22-17(13)18(19(36-22)20(27)34)30-21(35)16-10(3)31-33(7-2)12(16)5/h8-9H,6-7H2,1-5H3,(H2,27,34)(H,30,35). The first kappa shape index (κ1) is 25.4. The Hall–Kier alpha value is -3.74. The molecule has 0 unspecified atom stereocenters. The number of aromatic nitrogens is 5. The van der Waals surface area contributed by atoms with Gasteiger partial charge in [0.15, 0.2) is 0 Å². The van der Waals surface area contributed by atoms with E-state index in [4.69, 9.17) is 5.73 Å². The minimum absolute atomic E-state index is 0.00965. The summed E-state index contributed by atoms with van der Waals surface area (Å²) in [6.07, 6.45) is -3.28. The molecule has 0 saturated heterocycles. The number of thiophene rings is 1. The molecule has 4 aromatic rings. The Morgan fingerprint density at radius 3 is 2.28 bits per heavy atom. The molecule has 0 radical (unpaired) electrons. The average molecular weight is 520 g/mol. The number of carbonyl (C=O) groups is 2. The van der Waals surface area contributed by atoms with Gasteiger partial charge in [-0.05, 0) is 46.2 Å². The van der Waals surface area contributed by atoms with E-state index in [2.05, 4.69) is 20.5 Å². The van der Waals surface area contributed by atoms with Gasteiger partial charge in [-0.25, -0.2) is 4.98 Å². The summed E-state index contributed by atoms with van der Waals surface area (Å²) in [5.74, 6) is -1.45. The molecule has 4 rings (SSSR count). The third-order valence-corrected chi connectivity index (χ3v) is 7.11. The van der Waals surface area contributed by atoms with Crippen LogP contribution in [0, 0.1) is 20.8 Å². The smallest absolute Gasteiger partial charge is 0.365 e. The monoisotopic (exact) mass is 519 g/mol. The van der Waals surface area contributed by atoms with Crippen LogP contribution < -0.4 is 11.1 Å². The Labute approximate surface area is 208 Å². The summed E-state index contributed by atoms with van der Waals surface area (Å²) in [5, 5.41) is 11.5. The SMILES string of the molecule is CCn1ncc(-c2cc(C(F)(F)F)nc3sc(C(N)=O)c(NC(=O)c4c(C)nn(CC)c4C)c23)c1C. The van der Waals surface area contributed by atoms with Gasteiger partial charge in [0, 0.05) is 35.4 Å². The fourth-order valence-corrected chi connectivity index (χ4v) is 5.30. The lowest BCUT2D eigenvalue weighted by Crippen LogP contribution is -2.18. The molecule has 0 saturated carbocycles. The van der Waals surface area contributed by atoms with Crippen LogP contribution in [0.3, 0.4) is 0 Å². The van der Waals surface area contributed by atoms with Crippen LogP contribution in [0.1, 0.15) is 56.7 Å². The molecule has 0 aliphatic carbocycles. The minimum atomic E-state index is -4.74. The summed E-state index contributed by atoms with van der Waals surface area (Å²) in [5.41, 5.74) is 7.05. The average Bonchev–Trinajstić information content (AvgIpc) is 3.45. The molecule has 36 heavy (non-hydrogen) atoms. The molecule has 0 fully saturated rings. The molecule has 0 aliphatic heterocycles. The first-order chi connectivity index (χ1) is 16.9. The molecule has 9 nitrogen and oxygen atoms in total. The van der Waals surface area contributed by atoms with Crippen LogP contribution in [0.4, 0.5) is 18.9 Å². The number of amides is 2. The van der Waals surface area contributed by atoms with E-state index in [0.717, 1.165) is 6.07 Å². The van der Waals surface area contributed by atoms with Gasteiger partial charge < -0.3 is 11.1 Å². The van der Waals surface area contributed by atoms with Crippen LogP contribution in [0.2, 0.25) is 0 Å². The van der Waals surface area contributed by atoms with Gasteiger partial charge in [-0.15, -0.1) is 11.3 Å². The second-order valence-corrected chi connectivity index (χ2v) is 9.18. The number of hydrogen-bond donors (Lipinski definition) is 2. The van der Waals surface area contributed by atoms with Gasteiger partial charge in [0.2, 0.25) is 0 Å². The predicted octanol–water partition coefficient (Wildman–Crippen LogP) is 4.69. The molecule has 2 amide bonds. The molecule has 4 aromatic heterocycles. The van der Waals surface area contributed by atoms with Crippen LogP contribution in [0.5, 0.6) is 0 Å². The maximum atomic E-state index is 13.8. The molecule has 4 heterocycles. The van der Waals surface area contributed by atoms with Crippen molar-refractivity contribution >= 4 is 39.1 Å². The minimum Gasteiger partial charge on any atom is -0.365 e. The van der Waals surface area contributed by atoms with Gasteiger partial charge in [0.05, 0.1) is 23.1 Å². The van der Waals surface area contributed by atoms with E-state index in [1.165, 1.54) is 6.20 Å². The molecule has 13 heteroatoms. The number of halogens is 3. The number of pyridine rings is 1. The van der Waals surface area contributed by atoms with Gasteiger partial charge in [0.1, 0.15) is 15.4 Å². The number of hydrogen-bond acceptors (Lipinski definition) is 6. The Morgan fingerprint density at radius 2 is 1.75 bits per heavy atom. The first-order valence-electron chi connectivity index (χ1n) is 11.1. The molecule has 0 aromatic carbocycles. The number of aryl methyl sites for hydroxylation is 3. The lowest BCUT2D eigenvalue weighted by atomic mass is 10.0. The maximum Gasteiger partial charge on any atom is 0.433 e. The molecular weight excluding hydrogens is 495 g/mol. The summed E-state index contributed by atoms with van der Waals surface area (Å²) in [6.45, 7) is 9.94. The Balaban J connectivity index is 2.01. The second-order valence-electron chi connectivity index (χ2n) is 8.18. The Bertz CT molecular complexity index is 1510. The molecular formula is C23H24F3N7O2S. The topological polar surface area (TPSA) is 121 Å². The summed E-state index contributed by atoms with van der Waals surface area (Å²) in [7, 11) is 0. The van der Waals surface area contributed by atoms with Crippen molar-refractivity contribution in [3.63, 3.8) is 0 Å². The summed E-state index contributed by atoms with van der Waals surface area (Å²) < 4.78 is 44.6. The third kappa shape index (κ3) is 4.12. The highest BCUT2D eigenvalue weighted by Gasteiger charge is 2.35. The van der Waals surface area contributed by atoms with Crippen LogP contribution in [-0.4, -0.2) is 36.4 Å². The van der Waals surface area contributed by atoms with Crippen LogP contribution in [-0.2, 0) is 19.3 Å². The Morgan fingerprint density at radius 1 is 1.08 bits per heavy atom. The quantitative estimate of drug-likeness (QED) is 0.383. The van der Waals surface area contributed by atoms with Crippen LogP contribution >= 0.6 is 11.3 Å². The Kier molecular flexibility index (Phi) is 6.37. The largest absolute Gasteiger partial charge is 0.433 e. The van der Waals surface area contributed by atoms with Crippen molar-refractivity contribution in [2.75, 3.05) is 5.32 Å². The zero-order valence-corrected chi connectivity index (χ0v) is 21.1. The number of fused-ring (bicyclic) bond motifs is 1. The van der Waals surface area contributed by atoms with Gasteiger partial charge in [-0.2, -0.15) is 23.4 Å². The van der Waals surface area contributed by atoms with Crippen LogP contribution in [0.15, 0.2) is 12.3 Å². The van der Waals surface area contributed by atoms with Crippen molar-refractivity contribution in [1.29, 1.82) is 0 Å². The normalized spacial score (nSPS) is 11.9. The number of nitrogens with zero attached hydrogens (tertiary/aromatic N) is 5. The highest BCUT2D eigenvalue weighted by atomic mass is 32.1. The van der Waals surface area contributed by atoms with E-state index in [-0.39, 0.29) is 26.3 Å². The van der Waals surface area contributed by atoms with Crippen LogP contribution in [0.25, 0.3) is 21.3 Å². The summed E-state index contributed by atoms with van der Waals surface area (Å²) in [6, 6.07) is 0.908. The van der Waals surface area contributed by atoms with Crippen molar-refractivity contribution in [2.45, 2.75) is 53.9 Å². The number of nitrogens with one attached hydrogen (secondary N) is 1. The zero-order chi connectivity index (χ0) is 26.5. The molecule has 0 atom stereocenters. The van der Waals surface area contributed by atoms with E-state index in [1.54, 1.807) is 30.1 Å². The molecule has 190 valence electrons. The lowest BCUT2D eigenvalue weighted by molar-refractivity contribution is -0.140. The number of nitrogens with two attached hydrogens (primary N) is 1. The van der Waals surface area contributed by atoms with E-state index in [0.29, 0.717) is 52.6 Å². The van der Waals surface area contributed by atoms with E-state index < -0.39 is 23.7 Å². The third-order valence-electron chi connectivity index (χ3n) is 6.02. The first-order valence-corrected chi connectivity index (χ1v) is 11.9. The number of rotatable bonds is 6. The van der Waals surface area contributed by atoms with Crippen molar-refractivity contribution in [2.24, 2.45) is 5.73 Å². The molecule has 0 bridgehead atoms. The maximum absolute atomic E-state index is 13.8. The molecule has 0 spiro atoms. The van der Waals surface area contributed by atoms with Gasteiger partial charge >= 0.3 is 6.18 Å². The van der Waals surface area contributed by atoms with E-state index in [1.807, 2.05) is 13.8 Å². The predicted molar refractivity (Wildman–Crippen MR) is 130 cm³/mol.